The summed E-state index contributed by atoms with van der Waals surface area (Å²) in [5.41, 5.74) is 6.68. The van der Waals surface area contributed by atoms with Gasteiger partial charge in [-0.2, -0.15) is 0 Å². The first-order valence-corrected chi connectivity index (χ1v) is 5.84. The van der Waals surface area contributed by atoms with Crippen LogP contribution in [-0.4, -0.2) is 10.9 Å². The van der Waals surface area contributed by atoms with Gasteiger partial charge in [-0.3, -0.25) is 9.78 Å². The van der Waals surface area contributed by atoms with Gasteiger partial charge in [0, 0.05) is 17.4 Å². The molecule has 0 bridgehead atoms. The number of nitrogens with one attached hydrogen (secondary N) is 1. The molecule has 2 aromatic rings. The predicted octanol–water partition coefficient (Wildman–Crippen LogP) is 2.29. The number of nitrogens with zero attached hydrogens (tertiary/aromatic N) is 1. The molecule has 0 spiro atoms. The van der Waals surface area contributed by atoms with Gasteiger partial charge >= 0.3 is 0 Å². The Kier molecular flexibility index (Phi) is 3.75. The van der Waals surface area contributed by atoms with Crippen LogP contribution in [0.2, 0.25) is 0 Å². The Morgan fingerprint density at radius 1 is 1.37 bits per heavy atom. The highest BCUT2D eigenvalue weighted by atomic mass is 19.1. The molecule has 1 aromatic carbocycles. The van der Waals surface area contributed by atoms with E-state index in [4.69, 9.17) is 5.73 Å². The number of halogens is 1. The number of hydrogen-bond donors (Lipinski definition) is 2. The molecule has 1 aromatic heterocycles. The summed E-state index contributed by atoms with van der Waals surface area (Å²) >= 11 is 0. The molecular weight excluding hydrogens is 245 g/mol. The van der Waals surface area contributed by atoms with Crippen LogP contribution in [0.15, 0.2) is 42.6 Å². The minimum Gasteiger partial charge on any atom is -0.399 e. The highest BCUT2D eigenvalue weighted by Gasteiger charge is 2.15. The van der Waals surface area contributed by atoms with Crippen molar-refractivity contribution in [3.63, 3.8) is 0 Å². The van der Waals surface area contributed by atoms with Gasteiger partial charge < -0.3 is 11.1 Å². The predicted molar refractivity (Wildman–Crippen MR) is 70.9 cm³/mol. The van der Waals surface area contributed by atoms with E-state index in [0.29, 0.717) is 11.3 Å². The van der Waals surface area contributed by atoms with Crippen molar-refractivity contribution in [3.05, 3.63) is 59.7 Å². The van der Waals surface area contributed by atoms with Crippen molar-refractivity contribution in [2.24, 2.45) is 0 Å². The van der Waals surface area contributed by atoms with E-state index in [9.17, 15) is 9.18 Å². The van der Waals surface area contributed by atoms with Crippen LogP contribution >= 0.6 is 0 Å². The Bertz CT molecular complexity index is 601. The summed E-state index contributed by atoms with van der Waals surface area (Å²) in [6.45, 7) is 1.71. The number of rotatable bonds is 3. The molecule has 0 aliphatic rings. The molecule has 1 unspecified atom stereocenters. The number of carbonyl (C=O) groups excluding carboxylic acids is 1. The first-order chi connectivity index (χ1) is 9.08. The molecule has 0 saturated heterocycles. The van der Waals surface area contributed by atoms with E-state index in [-0.39, 0.29) is 17.4 Å². The fourth-order valence-corrected chi connectivity index (χ4v) is 1.75. The highest BCUT2D eigenvalue weighted by Crippen LogP contribution is 2.16. The Balaban J connectivity index is 2.13. The summed E-state index contributed by atoms with van der Waals surface area (Å²) in [7, 11) is 0. The molecule has 19 heavy (non-hydrogen) atoms. The fourth-order valence-electron chi connectivity index (χ4n) is 1.75. The standard InChI is InChI=1S/C14H14FN3O/c1-9(11-4-2-3-5-12(11)15)18-14(19)13-8-10(16)6-7-17-13/h2-9H,1H3,(H2,16,17)(H,18,19). The number of benzene rings is 1. The maximum Gasteiger partial charge on any atom is 0.270 e. The summed E-state index contributed by atoms with van der Waals surface area (Å²) < 4.78 is 13.6. The summed E-state index contributed by atoms with van der Waals surface area (Å²) in [5.74, 6) is -0.737. The molecule has 1 heterocycles. The smallest absolute Gasteiger partial charge is 0.270 e. The Morgan fingerprint density at radius 3 is 2.79 bits per heavy atom. The molecular formula is C14H14FN3O. The molecule has 0 aliphatic carbocycles. The number of carbonyl (C=O) groups is 1. The van der Waals surface area contributed by atoms with Gasteiger partial charge in [0.05, 0.1) is 6.04 Å². The third kappa shape index (κ3) is 3.07. The van der Waals surface area contributed by atoms with E-state index in [0.717, 1.165) is 0 Å². The molecule has 98 valence electrons. The largest absolute Gasteiger partial charge is 0.399 e. The highest BCUT2D eigenvalue weighted by molar-refractivity contribution is 5.93. The van der Waals surface area contributed by atoms with Crippen LogP contribution in [0, 0.1) is 5.82 Å². The van der Waals surface area contributed by atoms with E-state index >= 15 is 0 Å². The Hall–Kier alpha value is -2.43. The molecule has 2 rings (SSSR count). The van der Waals surface area contributed by atoms with Gasteiger partial charge in [0.1, 0.15) is 11.5 Å². The van der Waals surface area contributed by atoms with Crippen molar-refractivity contribution in [2.75, 3.05) is 5.73 Å². The van der Waals surface area contributed by atoms with Gasteiger partial charge in [0.15, 0.2) is 0 Å². The SMILES string of the molecule is CC(NC(=O)c1cc(N)ccn1)c1ccccc1F. The number of pyridine rings is 1. The maximum absolute atomic E-state index is 13.6. The first kappa shape index (κ1) is 13.0. The Morgan fingerprint density at radius 2 is 2.11 bits per heavy atom. The second-order valence-corrected chi connectivity index (χ2v) is 4.19. The monoisotopic (exact) mass is 259 g/mol. The van der Waals surface area contributed by atoms with Crippen molar-refractivity contribution in [1.82, 2.24) is 10.3 Å². The minimum atomic E-state index is -0.447. The Labute approximate surface area is 110 Å². The molecule has 1 amide bonds. The van der Waals surface area contributed by atoms with Crippen molar-refractivity contribution in [3.8, 4) is 0 Å². The third-order valence-electron chi connectivity index (χ3n) is 2.74. The van der Waals surface area contributed by atoms with Gasteiger partial charge in [-0.15, -0.1) is 0 Å². The zero-order chi connectivity index (χ0) is 13.8. The van der Waals surface area contributed by atoms with Crippen molar-refractivity contribution in [2.45, 2.75) is 13.0 Å². The van der Waals surface area contributed by atoms with E-state index in [1.807, 2.05) is 0 Å². The molecule has 3 N–H and O–H groups in total. The number of nitrogen functional groups attached to an aromatic ring is 1. The topological polar surface area (TPSA) is 68.0 Å². The zero-order valence-electron chi connectivity index (χ0n) is 10.4. The van der Waals surface area contributed by atoms with Gasteiger partial charge in [-0.05, 0) is 25.1 Å². The number of hydrogen-bond acceptors (Lipinski definition) is 3. The lowest BCUT2D eigenvalue weighted by molar-refractivity contribution is 0.0934. The average molecular weight is 259 g/mol. The second kappa shape index (κ2) is 5.48. The van der Waals surface area contributed by atoms with Crippen LogP contribution in [0.4, 0.5) is 10.1 Å². The van der Waals surface area contributed by atoms with Crippen LogP contribution in [0.5, 0.6) is 0 Å². The molecule has 0 fully saturated rings. The van der Waals surface area contributed by atoms with Gasteiger partial charge in [-0.1, -0.05) is 18.2 Å². The summed E-state index contributed by atoms with van der Waals surface area (Å²) in [5, 5.41) is 2.68. The van der Waals surface area contributed by atoms with E-state index in [1.165, 1.54) is 18.3 Å². The number of aromatic nitrogens is 1. The zero-order valence-corrected chi connectivity index (χ0v) is 10.4. The maximum atomic E-state index is 13.6. The lowest BCUT2D eigenvalue weighted by Gasteiger charge is -2.14. The average Bonchev–Trinajstić information content (AvgIpc) is 2.39. The molecule has 4 nitrogen and oxygen atoms in total. The van der Waals surface area contributed by atoms with Crippen molar-refractivity contribution >= 4 is 11.6 Å². The van der Waals surface area contributed by atoms with Crippen LogP contribution in [0.25, 0.3) is 0 Å². The molecule has 0 saturated carbocycles. The van der Waals surface area contributed by atoms with Crippen LogP contribution in [-0.2, 0) is 0 Å². The van der Waals surface area contributed by atoms with Crippen molar-refractivity contribution in [1.29, 1.82) is 0 Å². The van der Waals surface area contributed by atoms with E-state index in [2.05, 4.69) is 10.3 Å². The molecule has 5 heteroatoms. The third-order valence-corrected chi connectivity index (χ3v) is 2.74. The fraction of sp³-hybridized carbons (Fsp3) is 0.143. The second-order valence-electron chi connectivity index (χ2n) is 4.19. The van der Waals surface area contributed by atoms with E-state index in [1.54, 1.807) is 31.2 Å². The van der Waals surface area contributed by atoms with E-state index < -0.39 is 6.04 Å². The quantitative estimate of drug-likeness (QED) is 0.888. The lowest BCUT2D eigenvalue weighted by atomic mass is 10.1. The van der Waals surface area contributed by atoms with Gasteiger partial charge in [0.2, 0.25) is 0 Å². The van der Waals surface area contributed by atoms with Crippen LogP contribution in [0.1, 0.15) is 29.0 Å². The van der Waals surface area contributed by atoms with Crippen molar-refractivity contribution < 1.29 is 9.18 Å². The summed E-state index contributed by atoms with van der Waals surface area (Å²) in [6.07, 6.45) is 1.46. The first-order valence-electron chi connectivity index (χ1n) is 5.84. The summed E-state index contributed by atoms with van der Waals surface area (Å²) in [4.78, 5) is 15.9. The molecule has 1 atom stereocenters. The molecule has 0 aliphatic heterocycles. The number of nitrogens with two attached hydrogens (primary N) is 1. The minimum absolute atomic E-state index is 0.211. The lowest BCUT2D eigenvalue weighted by Crippen LogP contribution is -2.28. The van der Waals surface area contributed by atoms with Crippen LogP contribution < -0.4 is 11.1 Å². The van der Waals surface area contributed by atoms with Gasteiger partial charge in [0.25, 0.3) is 5.91 Å². The number of anilines is 1. The number of amides is 1. The van der Waals surface area contributed by atoms with Gasteiger partial charge in [-0.25, -0.2) is 4.39 Å². The normalized spacial score (nSPS) is 11.9. The summed E-state index contributed by atoms with van der Waals surface area (Å²) in [6, 6.07) is 8.94. The molecule has 0 radical (unpaired) electrons. The van der Waals surface area contributed by atoms with Crippen LogP contribution in [0.3, 0.4) is 0 Å².